The molecule has 0 spiro atoms. The second kappa shape index (κ2) is 4.97. The van der Waals surface area contributed by atoms with Crippen molar-refractivity contribution in [2.45, 2.75) is 78.2 Å². The Morgan fingerprint density at radius 2 is 1.95 bits per heavy atom. The molecule has 122 valence electrons. The molecule has 0 bridgehead atoms. The summed E-state index contributed by atoms with van der Waals surface area (Å²) < 4.78 is 0. The van der Waals surface area contributed by atoms with Crippen LogP contribution in [0.2, 0.25) is 0 Å². The Hall–Kier alpha value is -0.560. The van der Waals surface area contributed by atoms with E-state index < -0.39 is 0 Å². The quantitative estimate of drug-likeness (QED) is 0.605. The number of fused-ring (bicyclic) bond motifs is 5. The fourth-order valence-electron chi connectivity index (χ4n) is 6.83. The Kier molecular flexibility index (Phi) is 3.39. The van der Waals surface area contributed by atoms with Gasteiger partial charge in [-0.15, -0.1) is 0 Å². The van der Waals surface area contributed by atoms with Crippen LogP contribution < -0.4 is 0 Å². The number of aliphatic hydroxyl groups excluding tert-OH is 1. The van der Waals surface area contributed by atoms with E-state index in [0.29, 0.717) is 10.8 Å². The lowest BCUT2D eigenvalue weighted by atomic mass is 9.49. The van der Waals surface area contributed by atoms with Gasteiger partial charge in [0, 0.05) is 0 Å². The molecule has 0 amide bonds. The highest BCUT2D eigenvalue weighted by Gasteiger charge is 2.55. The van der Waals surface area contributed by atoms with Gasteiger partial charge >= 0.3 is 0 Å². The van der Waals surface area contributed by atoms with Crippen molar-refractivity contribution in [3.8, 4) is 0 Å². The molecule has 3 fully saturated rings. The second-order valence-electron chi connectivity index (χ2n) is 8.97. The second-order valence-corrected chi connectivity index (χ2v) is 8.97. The minimum absolute atomic E-state index is 0.0369. The van der Waals surface area contributed by atoms with Crippen molar-refractivity contribution in [3.05, 3.63) is 23.3 Å². The minimum Gasteiger partial charge on any atom is -0.393 e. The first-order valence-electron chi connectivity index (χ1n) is 9.53. The van der Waals surface area contributed by atoms with Gasteiger partial charge in [-0.05, 0) is 86.9 Å². The third-order valence-electron chi connectivity index (χ3n) is 8.20. The zero-order valence-corrected chi connectivity index (χ0v) is 14.6. The van der Waals surface area contributed by atoms with Gasteiger partial charge in [-0.2, -0.15) is 0 Å². The smallest absolute Gasteiger partial charge is 0.0543 e. The lowest BCUT2D eigenvalue weighted by Gasteiger charge is -2.56. The van der Waals surface area contributed by atoms with E-state index in [1.807, 2.05) is 0 Å². The van der Waals surface area contributed by atoms with E-state index in [4.69, 9.17) is 0 Å². The summed E-state index contributed by atoms with van der Waals surface area (Å²) in [4.78, 5) is 0. The van der Waals surface area contributed by atoms with Crippen molar-refractivity contribution in [1.82, 2.24) is 0 Å². The number of allylic oxidation sites excluding steroid dienone is 4. The molecular formula is C21H32O. The van der Waals surface area contributed by atoms with E-state index in [0.717, 1.165) is 30.6 Å². The van der Waals surface area contributed by atoms with Crippen molar-refractivity contribution in [2.24, 2.45) is 28.6 Å². The topological polar surface area (TPSA) is 20.2 Å². The third-order valence-corrected chi connectivity index (χ3v) is 8.20. The van der Waals surface area contributed by atoms with Crippen LogP contribution in [0.4, 0.5) is 0 Å². The van der Waals surface area contributed by atoms with Gasteiger partial charge in [-0.1, -0.05) is 37.1 Å². The van der Waals surface area contributed by atoms with Gasteiger partial charge in [0.2, 0.25) is 0 Å². The molecule has 0 heterocycles. The van der Waals surface area contributed by atoms with Crippen LogP contribution in [-0.2, 0) is 0 Å². The molecule has 0 aliphatic heterocycles. The van der Waals surface area contributed by atoms with Crippen LogP contribution in [0.25, 0.3) is 0 Å². The summed E-state index contributed by atoms with van der Waals surface area (Å²) in [5.74, 6) is 2.43. The van der Waals surface area contributed by atoms with Crippen molar-refractivity contribution in [1.29, 1.82) is 0 Å². The molecule has 0 aromatic rings. The van der Waals surface area contributed by atoms with E-state index in [-0.39, 0.29) is 6.10 Å². The Labute approximate surface area is 135 Å². The lowest BCUT2D eigenvalue weighted by molar-refractivity contribution is -0.00472. The predicted molar refractivity (Wildman–Crippen MR) is 91.5 cm³/mol. The molecule has 0 saturated heterocycles. The molecule has 0 aromatic heterocycles. The van der Waals surface area contributed by atoms with Crippen molar-refractivity contribution < 1.29 is 5.11 Å². The summed E-state index contributed by atoms with van der Waals surface area (Å²) >= 11 is 0. The molecule has 0 aromatic carbocycles. The van der Waals surface area contributed by atoms with Gasteiger partial charge in [0.25, 0.3) is 0 Å². The van der Waals surface area contributed by atoms with E-state index in [2.05, 4.69) is 32.9 Å². The maximum atomic E-state index is 10.1. The first-order valence-corrected chi connectivity index (χ1v) is 9.53. The number of hydrogen-bond donors (Lipinski definition) is 1. The zero-order chi connectivity index (χ0) is 15.5. The van der Waals surface area contributed by atoms with E-state index in [1.165, 1.54) is 38.5 Å². The number of rotatable bonds is 0. The molecule has 4 rings (SSSR count). The maximum absolute atomic E-state index is 10.1. The molecule has 22 heavy (non-hydrogen) atoms. The molecule has 1 heteroatoms. The fourth-order valence-corrected chi connectivity index (χ4v) is 6.83. The van der Waals surface area contributed by atoms with Gasteiger partial charge in [0.1, 0.15) is 0 Å². The van der Waals surface area contributed by atoms with E-state index in [1.54, 1.807) is 11.1 Å². The van der Waals surface area contributed by atoms with Crippen LogP contribution in [0, 0.1) is 28.6 Å². The Bertz CT molecular complexity index is 530. The SMILES string of the molecule is CC=C1CC[C@H]2[C@@H]3CC[C@@H]4C[C@H](O)CC[C@]4(C)C3=CC[C@]12C. The van der Waals surface area contributed by atoms with Gasteiger partial charge in [-0.25, -0.2) is 0 Å². The van der Waals surface area contributed by atoms with Gasteiger partial charge in [0.15, 0.2) is 0 Å². The van der Waals surface area contributed by atoms with Crippen LogP contribution in [0.1, 0.15) is 72.1 Å². The standard InChI is InChI=1S/C21H32O/c1-4-14-6-8-18-17-7-5-15-13-16(22)9-11-21(15,3)19(17)10-12-20(14,18)2/h4,10,15-18,22H,5-9,11-13H2,1-3H3/t15-,16-,17+,18+,20-,21+/m1/s1. The van der Waals surface area contributed by atoms with Crippen LogP contribution in [0.5, 0.6) is 0 Å². The van der Waals surface area contributed by atoms with Gasteiger partial charge in [0.05, 0.1) is 6.10 Å². The minimum atomic E-state index is -0.0369. The molecule has 3 saturated carbocycles. The van der Waals surface area contributed by atoms with Gasteiger partial charge in [-0.3, -0.25) is 0 Å². The van der Waals surface area contributed by atoms with Crippen LogP contribution in [-0.4, -0.2) is 11.2 Å². The fraction of sp³-hybridized carbons (Fsp3) is 0.810. The number of hydrogen-bond acceptors (Lipinski definition) is 1. The van der Waals surface area contributed by atoms with Crippen LogP contribution >= 0.6 is 0 Å². The van der Waals surface area contributed by atoms with Crippen LogP contribution in [0.15, 0.2) is 23.3 Å². The summed E-state index contributed by atoms with van der Waals surface area (Å²) in [5, 5.41) is 10.1. The molecule has 1 nitrogen and oxygen atoms in total. The molecular weight excluding hydrogens is 268 g/mol. The average molecular weight is 300 g/mol. The molecule has 0 radical (unpaired) electrons. The summed E-state index contributed by atoms with van der Waals surface area (Å²) in [5.41, 5.74) is 4.36. The monoisotopic (exact) mass is 300 g/mol. The highest BCUT2D eigenvalue weighted by atomic mass is 16.3. The summed E-state index contributed by atoms with van der Waals surface area (Å²) in [6, 6.07) is 0. The first-order chi connectivity index (χ1) is 10.5. The molecule has 6 atom stereocenters. The average Bonchev–Trinajstić information content (AvgIpc) is 2.84. The van der Waals surface area contributed by atoms with Crippen molar-refractivity contribution in [3.63, 3.8) is 0 Å². The van der Waals surface area contributed by atoms with E-state index >= 15 is 0 Å². The van der Waals surface area contributed by atoms with Gasteiger partial charge < -0.3 is 5.11 Å². The Morgan fingerprint density at radius 1 is 1.14 bits per heavy atom. The summed E-state index contributed by atoms with van der Waals surface area (Å²) in [6.45, 7) is 7.30. The lowest BCUT2D eigenvalue weighted by Crippen LogP contribution is -2.47. The molecule has 4 aliphatic rings. The van der Waals surface area contributed by atoms with E-state index in [9.17, 15) is 5.11 Å². The van der Waals surface area contributed by atoms with Crippen LogP contribution in [0.3, 0.4) is 0 Å². The predicted octanol–water partition coefficient (Wildman–Crippen LogP) is 5.26. The molecule has 0 unspecified atom stereocenters. The largest absolute Gasteiger partial charge is 0.393 e. The summed E-state index contributed by atoms with van der Waals surface area (Å²) in [7, 11) is 0. The van der Waals surface area contributed by atoms with Crippen molar-refractivity contribution >= 4 is 0 Å². The maximum Gasteiger partial charge on any atom is 0.0543 e. The Balaban J connectivity index is 1.71. The number of aliphatic hydroxyl groups is 1. The highest BCUT2D eigenvalue weighted by Crippen LogP contribution is 2.65. The molecule has 1 N–H and O–H groups in total. The normalized spacial score (nSPS) is 52.7. The highest BCUT2D eigenvalue weighted by molar-refractivity contribution is 5.34. The van der Waals surface area contributed by atoms with Crippen molar-refractivity contribution in [2.75, 3.05) is 0 Å². The third kappa shape index (κ3) is 1.87. The Morgan fingerprint density at radius 3 is 2.73 bits per heavy atom. The summed E-state index contributed by atoms with van der Waals surface area (Å²) in [6.07, 6.45) is 15.0. The first kappa shape index (κ1) is 15.0. The molecule has 4 aliphatic carbocycles. The zero-order valence-electron chi connectivity index (χ0n) is 14.6.